The van der Waals surface area contributed by atoms with Crippen LogP contribution in [0.1, 0.15) is 104 Å². The molecule has 2 fully saturated rings. The van der Waals surface area contributed by atoms with Gasteiger partial charge in [-0.3, -0.25) is 14.4 Å². The molecule has 0 aliphatic carbocycles. The first-order valence-electron chi connectivity index (χ1n) is 13.5. The van der Waals surface area contributed by atoms with E-state index in [1.165, 1.54) is 18.3 Å². The fourth-order valence-corrected chi connectivity index (χ4v) is 5.99. The number of nitrogens with zero attached hydrogens (tertiary/aromatic N) is 1. The SMILES string of the molecule is CC(=O)OCc1nc(/C=C(\C)C2CC3OC3(C)CCCC(C)CC(C)C(=O)C(C)(C)CCC(=O)O2)cs1. The fourth-order valence-electron chi connectivity index (χ4n) is 5.33. The third-order valence-corrected chi connectivity index (χ3v) is 8.62. The van der Waals surface area contributed by atoms with E-state index in [4.69, 9.17) is 14.2 Å². The van der Waals surface area contributed by atoms with Crippen LogP contribution in [0.25, 0.3) is 6.08 Å². The standard InChI is InChI=1S/C29H43NO6S/c1-18-9-8-11-29(7)24(36-29)15-23(19(2)14-22-17-37-25(30-22)16-34-21(4)31)35-26(32)10-12-28(5,6)27(33)20(3)13-18/h14,17-18,20,23-24H,8-13,15-16H2,1-7H3/b19-14+. The van der Waals surface area contributed by atoms with Gasteiger partial charge in [0.25, 0.3) is 0 Å². The molecule has 2 saturated heterocycles. The Labute approximate surface area is 225 Å². The molecule has 206 valence electrons. The fraction of sp³-hybridized carbons (Fsp3) is 0.724. The Morgan fingerprint density at radius 3 is 2.62 bits per heavy atom. The molecule has 1 aromatic heterocycles. The normalized spacial score (nSPS) is 31.8. The van der Waals surface area contributed by atoms with E-state index < -0.39 is 11.5 Å². The van der Waals surface area contributed by atoms with Gasteiger partial charge in [-0.1, -0.05) is 40.5 Å². The Hall–Kier alpha value is -2.06. The van der Waals surface area contributed by atoms with Gasteiger partial charge in [0, 0.05) is 36.5 Å². The zero-order chi connectivity index (χ0) is 27.4. The Bertz CT molecular complexity index is 1010. The number of hydrogen-bond acceptors (Lipinski definition) is 8. The third-order valence-electron chi connectivity index (χ3n) is 7.78. The van der Waals surface area contributed by atoms with Crippen molar-refractivity contribution in [2.75, 3.05) is 0 Å². The van der Waals surface area contributed by atoms with Crippen molar-refractivity contribution in [1.29, 1.82) is 0 Å². The maximum atomic E-state index is 13.2. The smallest absolute Gasteiger partial charge is 0.306 e. The Balaban J connectivity index is 1.77. The minimum atomic E-state index is -0.577. The number of ether oxygens (including phenoxy) is 3. The summed E-state index contributed by atoms with van der Waals surface area (Å²) >= 11 is 1.42. The molecule has 2 aliphatic heterocycles. The molecule has 0 spiro atoms. The highest BCUT2D eigenvalue weighted by molar-refractivity contribution is 7.09. The van der Waals surface area contributed by atoms with Crippen LogP contribution in [0.5, 0.6) is 0 Å². The van der Waals surface area contributed by atoms with E-state index in [1.807, 2.05) is 39.2 Å². The molecule has 1 aromatic rings. The van der Waals surface area contributed by atoms with E-state index in [9.17, 15) is 14.4 Å². The van der Waals surface area contributed by atoms with Crippen LogP contribution in [0, 0.1) is 17.3 Å². The van der Waals surface area contributed by atoms with E-state index in [0.717, 1.165) is 37.0 Å². The van der Waals surface area contributed by atoms with Gasteiger partial charge < -0.3 is 14.2 Å². The van der Waals surface area contributed by atoms with E-state index in [0.29, 0.717) is 23.8 Å². The molecule has 3 rings (SSSR count). The lowest BCUT2D eigenvalue weighted by atomic mass is 9.75. The quantitative estimate of drug-likeness (QED) is 0.331. The van der Waals surface area contributed by atoms with Crippen molar-refractivity contribution in [3.63, 3.8) is 0 Å². The molecule has 8 heteroatoms. The van der Waals surface area contributed by atoms with Crippen LogP contribution in [-0.4, -0.2) is 40.5 Å². The third kappa shape index (κ3) is 8.47. The number of fused-ring (bicyclic) bond motifs is 1. The number of Topliss-reactive ketones (excluding diaryl/α,β-unsaturated/α-hetero) is 1. The summed E-state index contributed by atoms with van der Waals surface area (Å²) in [7, 11) is 0. The Morgan fingerprint density at radius 1 is 1.19 bits per heavy atom. The number of hydrogen-bond donors (Lipinski definition) is 0. The first-order chi connectivity index (χ1) is 17.3. The van der Waals surface area contributed by atoms with Gasteiger partial charge in [-0.05, 0) is 50.7 Å². The average molecular weight is 534 g/mol. The highest BCUT2D eigenvalue weighted by Crippen LogP contribution is 2.45. The number of aromatic nitrogens is 1. The van der Waals surface area contributed by atoms with Crippen LogP contribution in [0.2, 0.25) is 0 Å². The lowest BCUT2D eigenvalue weighted by molar-refractivity contribution is -0.149. The molecular formula is C29H43NO6S. The molecule has 0 aromatic carbocycles. The molecule has 0 radical (unpaired) electrons. The summed E-state index contributed by atoms with van der Waals surface area (Å²) in [6.07, 6.45) is 6.68. The van der Waals surface area contributed by atoms with Gasteiger partial charge in [0.05, 0.1) is 17.4 Å². The summed E-state index contributed by atoms with van der Waals surface area (Å²) in [5, 5.41) is 2.60. The van der Waals surface area contributed by atoms with Crippen molar-refractivity contribution in [3.05, 3.63) is 21.7 Å². The number of carbonyl (C=O) groups excluding carboxylic acids is 3. The largest absolute Gasteiger partial charge is 0.458 e. The summed E-state index contributed by atoms with van der Waals surface area (Å²) in [6, 6.07) is 0. The van der Waals surface area contributed by atoms with Crippen LogP contribution in [0.4, 0.5) is 0 Å². The predicted octanol–water partition coefficient (Wildman–Crippen LogP) is 6.29. The van der Waals surface area contributed by atoms with Crippen LogP contribution < -0.4 is 0 Å². The molecule has 3 heterocycles. The summed E-state index contributed by atoms with van der Waals surface area (Å²) < 4.78 is 17.2. The highest BCUT2D eigenvalue weighted by atomic mass is 32.1. The van der Waals surface area contributed by atoms with Crippen molar-refractivity contribution in [3.8, 4) is 0 Å². The van der Waals surface area contributed by atoms with Gasteiger partial charge in [0.2, 0.25) is 0 Å². The summed E-state index contributed by atoms with van der Waals surface area (Å²) in [6.45, 7) is 13.7. The lowest BCUT2D eigenvalue weighted by Crippen LogP contribution is -2.32. The number of esters is 2. The van der Waals surface area contributed by atoms with Crippen LogP contribution in [0.3, 0.4) is 0 Å². The Kier molecular flexibility index (Phi) is 9.73. The van der Waals surface area contributed by atoms with Crippen molar-refractivity contribution in [2.24, 2.45) is 17.3 Å². The van der Waals surface area contributed by atoms with Crippen molar-refractivity contribution in [2.45, 2.75) is 118 Å². The molecular weight excluding hydrogens is 490 g/mol. The highest BCUT2D eigenvalue weighted by Gasteiger charge is 2.52. The first-order valence-corrected chi connectivity index (χ1v) is 14.3. The van der Waals surface area contributed by atoms with Gasteiger partial charge in [0.15, 0.2) is 0 Å². The number of epoxide rings is 1. The van der Waals surface area contributed by atoms with Crippen molar-refractivity contribution >= 4 is 35.1 Å². The number of thiazole rings is 1. The molecule has 7 nitrogen and oxygen atoms in total. The maximum absolute atomic E-state index is 13.2. The number of ketones is 1. The van der Waals surface area contributed by atoms with E-state index >= 15 is 0 Å². The van der Waals surface area contributed by atoms with Gasteiger partial charge >= 0.3 is 11.9 Å². The van der Waals surface area contributed by atoms with Crippen LogP contribution >= 0.6 is 11.3 Å². The van der Waals surface area contributed by atoms with Crippen molar-refractivity contribution < 1.29 is 28.6 Å². The monoisotopic (exact) mass is 533 g/mol. The van der Waals surface area contributed by atoms with Crippen LogP contribution in [-0.2, 0) is 35.2 Å². The summed E-state index contributed by atoms with van der Waals surface area (Å²) in [4.78, 5) is 41.7. The van der Waals surface area contributed by atoms with E-state index in [2.05, 4.69) is 18.8 Å². The van der Waals surface area contributed by atoms with Gasteiger partial charge in [-0.25, -0.2) is 4.98 Å². The molecule has 0 saturated carbocycles. The summed E-state index contributed by atoms with van der Waals surface area (Å²) in [5.74, 6) is 0.00884. The molecule has 0 N–H and O–H groups in total. The van der Waals surface area contributed by atoms with Crippen LogP contribution in [0.15, 0.2) is 11.0 Å². The second kappa shape index (κ2) is 12.2. The van der Waals surface area contributed by atoms with Crippen molar-refractivity contribution in [1.82, 2.24) is 4.98 Å². The maximum Gasteiger partial charge on any atom is 0.306 e. The number of carbonyl (C=O) groups is 3. The second-order valence-corrected chi connectivity index (χ2v) is 12.8. The second-order valence-electron chi connectivity index (χ2n) is 11.9. The number of rotatable bonds is 4. The Morgan fingerprint density at radius 2 is 1.92 bits per heavy atom. The molecule has 5 unspecified atom stereocenters. The molecule has 0 bridgehead atoms. The number of cyclic esters (lactones) is 1. The van der Waals surface area contributed by atoms with Gasteiger partial charge in [-0.15, -0.1) is 11.3 Å². The zero-order valence-corrected chi connectivity index (χ0v) is 24.2. The minimum absolute atomic E-state index is 0.0313. The summed E-state index contributed by atoms with van der Waals surface area (Å²) in [5.41, 5.74) is 0.839. The van der Waals surface area contributed by atoms with E-state index in [1.54, 1.807) is 0 Å². The molecule has 0 amide bonds. The molecule has 2 aliphatic rings. The zero-order valence-electron chi connectivity index (χ0n) is 23.4. The molecule has 37 heavy (non-hydrogen) atoms. The predicted molar refractivity (Wildman–Crippen MR) is 144 cm³/mol. The molecule has 5 atom stereocenters. The minimum Gasteiger partial charge on any atom is -0.458 e. The van der Waals surface area contributed by atoms with E-state index in [-0.39, 0.29) is 48.4 Å². The van der Waals surface area contributed by atoms with Gasteiger partial charge in [0.1, 0.15) is 23.5 Å². The topological polar surface area (TPSA) is 95.1 Å². The lowest BCUT2D eigenvalue weighted by Gasteiger charge is -2.28. The average Bonchev–Trinajstić information content (AvgIpc) is 3.22. The van der Waals surface area contributed by atoms with Gasteiger partial charge in [-0.2, -0.15) is 0 Å². The first kappa shape index (κ1) is 29.5.